The maximum absolute atomic E-state index is 12.1. The largest absolute Gasteiger partial charge is 0.462 e. The predicted octanol–water partition coefficient (Wildman–Crippen LogP) is 11.4. The average Bonchev–Trinajstić information content (AvgIpc) is 3.01. The molecule has 256 valence electrons. The Hall–Kier alpha value is -1.10. The van der Waals surface area contributed by atoms with E-state index in [1.807, 2.05) is 0 Å². The van der Waals surface area contributed by atoms with E-state index in [9.17, 15) is 14.7 Å². The average molecular weight is 611 g/mol. The Morgan fingerprint density at radius 3 is 1.30 bits per heavy atom. The van der Waals surface area contributed by atoms with Crippen molar-refractivity contribution in [3.05, 3.63) is 0 Å². The standard InChI is InChI=1S/C38H74O5/c1-4-6-7-8-21-25-28-31-37(40)42-34-36(33-39)43-38(41)32-29-26-23-20-18-16-14-12-10-9-11-13-15-17-19-22-24-27-30-35(3)5-2/h35-36,39H,4-34H2,1-3H3/t35?,36-/m0/s1. The van der Waals surface area contributed by atoms with Crippen LogP contribution in [0.25, 0.3) is 0 Å². The number of esters is 2. The first-order valence-corrected chi connectivity index (χ1v) is 19.0. The molecule has 5 heteroatoms. The van der Waals surface area contributed by atoms with Crippen LogP contribution in [0.4, 0.5) is 0 Å². The summed E-state index contributed by atoms with van der Waals surface area (Å²) >= 11 is 0. The van der Waals surface area contributed by atoms with Crippen LogP contribution in [-0.4, -0.2) is 36.4 Å². The van der Waals surface area contributed by atoms with Crippen LogP contribution in [0.2, 0.25) is 0 Å². The molecule has 0 aromatic rings. The zero-order valence-corrected chi connectivity index (χ0v) is 29.2. The van der Waals surface area contributed by atoms with Gasteiger partial charge in [0.15, 0.2) is 6.10 Å². The first kappa shape index (κ1) is 41.9. The van der Waals surface area contributed by atoms with Crippen molar-refractivity contribution in [1.29, 1.82) is 0 Å². The zero-order valence-electron chi connectivity index (χ0n) is 29.2. The Morgan fingerprint density at radius 1 is 0.535 bits per heavy atom. The van der Waals surface area contributed by atoms with Gasteiger partial charge in [0, 0.05) is 12.8 Å². The van der Waals surface area contributed by atoms with Crippen LogP contribution in [0.3, 0.4) is 0 Å². The first-order chi connectivity index (χ1) is 21.0. The quantitative estimate of drug-likeness (QED) is 0.0579. The lowest BCUT2D eigenvalue weighted by Crippen LogP contribution is -2.28. The molecule has 5 nitrogen and oxygen atoms in total. The number of ether oxygens (including phenoxy) is 2. The van der Waals surface area contributed by atoms with Crippen LogP contribution in [0, 0.1) is 5.92 Å². The fourth-order valence-electron chi connectivity index (χ4n) is 5.65. The van der Waals surface area contributed by atoms with E-state index < -0.39 is 6.10 Å². The Balaban J connectivity index is 3.43. The summed E-state index contributed by atoms with van der Waals surface area (Å²) in [5.41, 5.74) is 0. The minimum absolute atomic E-state index is 0.0591. The summed E-state index contributed by atoms with van der Waals surface area (Å²) in [6, 6.07) is 0. The Bertz CT molecular complexity index is 593. The van der Waals surface area contributed by atoms with Crippen LogP contribution >= 0.6 is 0 Å². The van der Waals surface area contributed by atoms with Crippen LogP contribution in [0.15, 0.2) is 0 Å². The molecule has 0 aliphatic carbocycles. The molecule has 0 aliphatic heterocycles. The van der Waals surface area contributed by atoms with Gasteiger partial charge in [-0.25, -0.2) is 0 Å². The number of carbonyl (C=O) groups excluding carboxylic acids is 2. The van der Waals surface area contributed by atoms with Gasteiger partial charge in [-0.3, -0.25) is 9.59 Å². The van der Waals surface area contributed by atoms with Gasteiger partial charge in [-0.1, -0.05) is 181 Å². The SMILES string of the molecule is CCCCCCCCCC(=O)OC[C@H](CO)OC(=O)CCCCCCCCCCCCCCCCCCCCC(C)CC. The van der Waals surface area contributed by atoms with Gasteiger partial charge in [0.05, 0.1) is 6.61 Å². The molecule has 0 amide bonds. The highest BCUT2D eigenvalue weighted by Crippen LogP contribution is 2.17. The van der Waals surface area contributed by atoms with Crippen LogP contribution < -0.4 is 0 Å². The van der Waals surface area contributed by atoms with Crippen molar-refractivity contribution in [2.45, 2.75) is 213 Å². The van der Waals surface area contributed by atoms with Crippen molar-refractivity contribution < 1.29 is 24.2 Å². The van der Waals surface area contributed by atoms with Crippen LogP contribution in [0.1, 0.15) is 207 Å². The third-order valence-corrected chi connectivity index (χ3v) is 8.94. The van der Waals surface area contributed by atoms with E-state index in [0.29, 0.717) is 12.8 Å². The number of carbonyl (C=O) groups is 2. The van der Waals surface area contributed by atoms with Crippen molar-refractivity contribution in [3.8, 4) is 0 Å². The molecule has 0 aliphatic rings. The van der Waals surface area contributed by atoms with Gasteiger partial charge in [-0.05, 0) is 18.8 Å². The number of unbranched alkanes of at least 4 members (excludes halogenated alkanes) is 23. The molecule has 0 bridgehead atoms. The Labute approximate surface area is 268 Å². The molecule has 0 saturated heterocycles. The third kappa shape index (κ3) is 32.1. The first-order valence-electron chi connectivity index (χ1n) is 19.0. The number of aliphatic hydroxyl groups is 1. The minimum atomic E-state index is -0.760. The van der Waals surface area contributed by atoms with E-state index >= 15 is 0 Å². The highest BCUT2D eigenvalue weighted by molar-refractivity contribution is 5.70. The molecule has 0 aromatic heterocycles. The molecule has 2 atom stereocenters. The van der Waals surface area contributed by atoms with Crippen molar-refractivity contribution in [3.63, 3.8) is 0 Å². The zero-order chi connectivity index (χ0) is 31.6. The highest BCUT2D eigenvalue weighted by atomic mass is 16.6. The number of rotatable bonds is 34. The van der Waals surface area contributed by atoms with E-state index in [2.05, 4.69) is 20.8 Å². The summed E-state index contributed by atoms with van der Waals surface area (Å²) in [4.78, 5) is 24.0. The molecule has 0 aromatic carbocycles. The summed E-state index contributed by atoms with van der Waals surface area (Å²) in [7, 11) is 0. The molecular formula is C38H74O5. The highest BCUT2D eigenvalue weighted by Gasteiger charge is 2.16. The van der Waals surface area contributed by atoms with Gasteiger partial charge in [-0.15, -0.1) is 0 Å². The van der Waals surface area contributed by atoms with Gasteiger partial charge in [0.2, 0.25) is 0 Å². The molecule has 0 heterocycles. The molecule has 43 heavy (non-hydrogen) atoms. The monoisotopic (exact) mass is 611 g/mol. The van der Waals surface area contributed by atoms with Crippen LogP contribution in [0.5, 0.6) is 0 Å². The van der Waals surface area contributed by atoms with Gasteiger partial charge in [-0.2, -0.15) is 0 Å². The van der Waals surface area contributed by atoms with Crippen molar-refractivity contribution in [2.75, 3.05) is 13.2 Å². The Morgan fingerprint density at radius 2 is 0.907 bits per heavy atom. The van der Waals surface area contributed by atoms with Crippen LogP contribution in [-0.2, 0) is 19.1 Å². The summed E-state index contributed by atoms with van der Waals surface area (Å²) < 4.78 is 10.5. The van der Waals surface area contributed by atoms with E-state index in [-0.39, 0.29) is 25.2 Å². The van der Waals surface area contributed by atoms with Crippen molar-refractivity contribution >= 4 is 11.9 Å². The maximum Gasteiger partial charge on any atom is 0.306 e. The lowest BCUT2D eigenvalue weighted by molar-refractivity contribution is -0.161. The lowest BCUT2D eigenvalue weighted by atomic mass is 9.99. The number of aliphatic hydroxyl groups excluding tert-OH is 1. The second-order valence-electron chi connectivity index (χ2n) is 13.3. The fraction of sp³-hybridized carbons (Fsp3) is 0.947. The summed E-state index contributed by atoms with van der Waals surface area (Å²) in [6.07, 6.45) is 34.6. The summed E-state index contributed by atoms with van der Waals surface area (Å²) in [5, 5.41) is 9.49. The van der Waals surface area contributed by atoms with Crippen molar-refractivity contribution in [2.24, 2.45) is 5.92 Å². The smallest absolute Gasteiger partial charge is 0.306 e. The second kappa shape index (κ2) is 33.8. The van der Waals surface area contributed by atoms with Gasteiger partial charge in [0.25, 0.3) is 0 Å². The maximum atomic E-state index is 12.1. The molecule has 1 unspecified atom stereocenters. The van der Waals surface area contributed by atoms with E-state index in [4.69, 9.17) is 9.47 Å². The van der Waals surface area contributed by atoms with Gasteiger partial charge in [0.1, 0.15) is 6.61 Å². The molecular weight excluding hydrogens is 536 g/mol. The predicted molar refractivity (Wildman–Crippen MR) is 182 cm³/mol. The topological polar surface area (TPSA) is 72.8 Å². The molecule has 0 radical (unpaired) electrons. The van der Waals surface area contributed by atoms with E-state index in [1.165, 1.54) is 135 Å². The fourth-order valence-corrected chi connectivity index (χ4v) is 5.65. The normalized spacial score (nSPS) is 12.7. The molecule has 0 saturated carbocycles. The van der Waals surface area contributed by atoms with E-state index in [1.54, 1.807) is 0 Å². The lowest BCUT2D eigenvalue weighted by Gasteiger charge is -2.15. The molecule has 0 fully saturated rings. The second-order valence-corrected chi connectivity index (χ2v) is 13.3. The summed E-state index contributed by atoms with van der Waals surface area (Å²) in [5.74, 6) is 0.329. The summed E-state index contributed by atoms with van der Waals surface area (Å²) in [6.45, 7) is 6.51. The van der Waals surface area contributed by atoms with Gasteiger partial charge >= 0.3 is 11.9 Å². The van der Waals surface area contributed by atoms with E-state index in [0.717, 1.165) is 44.4 Å². The number of hydrogen-bond acceptors (Lipinski definition) is 5. The molecule has 0 rings (SSSR count). The number of hydrogen-bond donors (Lipinski definition) is 1. The minimum Gasteiger partial charge on any atom is -0.462 e. The third-order valence-electron chi connectivity index (χ3n) is 8.94. The van der Waals surface area contributed by atoms with Crippen molar-refractivity contribution in [1.82, 2.24) is 0 Å². The molecule has 0 spiro atoms. The van der Waals surface area contributed by atoms with Gasteiger partial charge < -0.3 is 14.6 Å². The Kier molecular flexibility index (Phi) is 32.9. The molecule has 1 N–H and O–H groups in total.